The van der Waals surface area contributed by atoms with Gasteiger partial charge in [0.05, 0.1) is 10.6 Å². The SMILES string of the molecule is O=C(NC1CCCCC1)c1cccc(S(=O)(=O)Nc2ccc(F)c(F)c2)c1. The van der Waals surface area contributed by atoms with Crippen LogP contribution in [-0.4, -0.2) is 20.4 Å². The smallest absolute Gasteiger partial charge is 0.261 e. The van der Waals surface area contributed by atoms with Crippen molar-refractivity contribution in [3.05, 3.63) is 59.7 Å². The average molecular weight is 394 g/mol. The van der Waals surface area contributed by atoms with Gasteiger partial charge in [-0.05, 0) is 43.2 Å². The molecule has 0 heterocycles. The first kappa shape index (κ1) is 19.3. The molecular weight excluding hydrogens is 374 g/mol. The molecule has 0 aromatic heterocycles. The molecule has 0 radical (unpaired) electrons. The molecule has 5 nitrogen and oxygen atoms in total. The number of sulfonamides is 1. The van der Waals surface area contributed by atoms with Gasteiger partial charge in [-0.3, -0.25) is 9.52 Å². The van der Waals surface area contributed by atoms with Crippen molar-refractivity contribution in [3.63, 3.8) is 0 Å². The van der Waals surface area contributed by atoms with Crippen LogP contribution in [0.5, 0.6) is 0 Å². The maximum atomic E-state index is 13.3. The first-order valence-corrected chi connectivity index (χ1v) is 10.2. The minimum absolute atomic E-state index is 0.104. The molecule has 2 N–H and O–H groups in total. The van der Waals surface area contributed by atoms with E-state index in [2.05, 4.69) is 10.0 Å². The summed E-state index contributed by atoms with van der Waals surface area (Å²) in [7, 11) is -4.05. The Labute approximate surface area is 156 Å². The average Bonchev–Trinajstić information content (AvgIpc) is 2.65. The summed E-state index contributed by atoms with van der Waals surface area (Å²) in [6.07, 6.45) is 5.13. The molecule has 1 aliphatic carbocycles. The number of hydrogen-bond donors (Lipinski definition) is 2. The zero-order chi connectivity index (χ0) is 19.4. The standard InChI is InChI=1S/C19H20F2N2O3S/c20-17-10-9-15(12-18(17)21)23-27(25,26)16-8-4-5-13(11-16)19(24)22-14-6-2-1-3-7-14/h4-5,8-12,14,23H,1-3,6-7H2,(H,22,24). The third-order valence-corrected chi connectivity index (χ3v) is 5.90. The van der Waals surface area contributed by atoms with Crippen LogP contribution < -0.4 is 10.0 Å². The molecule has 1 saturated carbocycles. The molecule has 1 fully saturated rings. The molecule has 0 bridgehead atoms. The van der Waals surface area contributed by atoms with Crippen LogP contribution >= 0.6 is 0 Å². The van der Waals surface area contributed by atoms with E-state index in [0.717, 1.165) is 50.3 Å². The summed E-state index contributed by atoms with van der Waals surface area (Å²) in [6, 6.07) is 8.42. The number of rotatable bonds is 5. The van der Waals surface area contributed by atoms with Gasteiger partial charge in [0, 0.05) is 17.7 Å². The quantitative estimate of drug-likeness (QED) is 0.809. The summed E-state index contributed by atoms with van der Waals surface area (Å²) in [5.74, 6) is -2.55. The van der Waals surface area contributed by atoms with Crippen LogP contribution in [0.2, 0.25) is 0 Å². The van der Waals surface area contributed by atoms with Crippen molar-refractivity contribution in [2.45, 2.75) is 43.0 Å². The fourth-order valence-corrected chi connectivity index (χ4v) is 4.19. The second-order valence-electron chi connectivity index (χ2n) is 6.57. The molecule has 27 heavy (non-hydrogen) atoms. The summed E-state index contributed by atoms with van der Waals surface area (Å²) >= 11 is 0. The lowest BCUT2D eigenvalue weighted by Crippen LogP contribution is -2.36. The molecule has 0 spiro atoms. The second-order valence-corrected chi connectivity index (χ2v) is 8.25. The van der Waals surface area contributed by atoms with Gasteiger partial charge in [0.2, 0.25) is 0 Å². The summed E-state index contributed by atoms with van der Waals surface area (Å²) in [5, 5.41) is 2.93. The van der Waals surface area contributed by atoms with Crippen LogP contribution in [0, 0.1) is 11.6 Å². The Morgan fingerprint density at radius 1 is 0.963 bits per heavy atom. The predicted molar refractivity (Wildman–Crippen MR) is 97.9 cm³/mol. The van der Waals surface area contributed by atoms with Crippen molar-refractivity contribution >= 4 is 21.6 Å². The normalized spacial score (nSPS) is 15.3. The Hall–Kier alpha value is -2.48. The van der Waals surface area contributed by atoms with Gasteiger partial charge >= 0.3 is 0 Å². The van der Waals surface area contributed by atoms with Crippen molar-refractivity contribution in [1.29, 1.82) is 0 Å². The highest BCUT2D eigenvalue weighted by Crippen LogP contribution is 2.21. The highest BCUT2D eigenvalue weighted by molar-refractivity contribution is 7.92. The highest BCUT2D eigenvalue weighted by atomic mass is 32.2. The number of carbonyl (C=O) groups is 1. The Bertz CT molecular complexity index is 942. The molecular formula is C19H20F2N2O3S. The Morgan fingerprint density at radius 2 is 1.70 bits per heavy atom. The fourth-order valence-electron chi connectivity index (χ4n) is 3.09. The molecule has 2 aromatic rings. The van der Waals surface area contributed by atoms with E-state index in [1.165, 1.54) is 24.3 Å². The van der Waals surface area contributed by atoms with E-state index in [-0.39, 0.29) is 28.1 Å². The number of benzene rings is 2. The minimum Gasteiger partial charge on any atom is -0.349 e. The van der Waals surface area contributed by atoms with Crippen molar-refractivity contribution in [3.8, 4) is 0 Å². The lowest BCUT2D eigenvalue weighted by Gasteiger charge is -2.22. The molecule has 144 valence electrons. The zero-order valence-electron chi connectivity index (χ0n) is 14.5. The van der Waals surface area contributed by atoms with Gasteiger partial charge in [0.25, 0.3) is 15.9 Å². The van der Waals surface area contributed by atoms with Crippen LogP contribution in [0.4, 0.5) is 14.5 Å². The lowest BCUT2D eigenvalue weighted by atomic mass is 9.95. The lowest BCUT2D eigenvalue weighted by molar-refractivity contribution is 0.0927. The van der Waals surface area contributed by atoms with Crippen molar-refractivity contribution in [2.75, 3.05) is 4.72 Å². The molecule has 0 aliphatic heterocycles. The number of anilines is 1. The third kappa shape index (κ3) is 4.82. The fraction of sp³-hybridized carbons (Fsp3) is 0.316. The van der Waals surface area contributed by atoms with E-state index in [0.29, 0.717) is 0 Å². The van der Waals surface area contributed by atoms with Crippen LogP contribution in [0.3, 0.4) is 0 Å². The summed E-state index contributed by atoms with van der Waals surface area (Å²) in [5.41, 5.74) is 0.125. The molecule has 1 amide bonds. The van der Waals surface area contributed by atoms with Crippen molar-refractivity contribution in [1.82, 2.24) is 5.32 Å². The third-order valence-electron chi connectivity index (χ3n) is 4.52. The topological polar surface area (TPSA) is 75.3 Å². The molecule has 0 unspecified atom stereocenters. The Balaban J connectivity index is 1.76. The summed E-state index contributed by atoms with van der Waals surface area (Å²) in [4.78, 5) is 12.3. The molecule has 1 aliphatic rings. The maximum absolute atomic E-state index is 13.3. The molecule has 0 saturated heterocycles. The Morgan fingerprint density at radius 3 is 2.41 bits per heavy atom. The van der Waals surface area contributed by atoms with E-state index in [1.807, 2.05) is 0 Å². The summed E-state index contributed by atoms with van der Waals surface area (Å²) in [6.45, 7) is 0. The van der Waals surface area contributed by atoms with Crippen LogP contribution in [0.25, 0.3) is 0 Å². The number of hydrogen-bond acceptors (Lipinski definition) is 3. The second kappa shape index (κ2) is 8.04. The van der Waals surface area contributed by atoms with Gasteiger partial charge in [-0.2, -0.15) is 0 Å². The molecule has 2 aromatic carbocycles. The van der Waals surface area contributed by atoms with E-state index in [9.17, 15) is 22.0 Å². The molecule has 8 heteroatoms. The van der Waals surface area contributed by atoms with Gasteiger partial charge in [-0.25, -0.2) is 17.2 Å². The zero-order valence-corrected chi connectivity index (χ0v) is 15.4. The highest BCUT2D eigenvalue weighted by Gasteiger charge is 2.20. The number of carbonyl (C=O) groups excluding carboxylic acids is 1. The van der Waals surface area contributed by atoms with Crippen LogP contribution in [0.1, 0.15) is 42.5 Å². The maximum Gasteiger partial charge on any atom is 0.261 e. The predicted octanol–water partition coefficient (Wildman–Crippen LogP) is 3.83. The number of amides is 1. The van der Waals surface area contributed by atoms with E-state index in [4.69, 9.17) is 0 Å². The van der Waals surface area contributed by atoms with Gasteiger partial charge in [-0.15, -0.1) is 0 Å². The summed E-state index contributed by atoms with van der Waals surface area (Å²) < 4.78 is 53.5. The molecule has 3 rings (SSSR count). The minimum atomic E-state index is -4.05. The van der Waals surface area contributed by atoms with Gasteiger partial charge in [0.1, 0.15) is 0 Å². The first-order valence-electron chi connectivity index (χ1n) is 8.74. The van der Waals surface area contributed by atoms with Crippen LogP contribution in [-0.2, 0) is 10.0 Å². The number of nitrogens with one attached hydrogen (secondary N) is 2. The van der Waals surface area contributed by atoms with Crippen molar-refractivity contribution < 1.29 is 22.0 Å². The Kier molecular flexibility index (Phi) is 5.74. The largest absolute Gasteiger partial charge is 0.349 e. The van der Waals surface area contributed by atoms with Crippen molar-refractivity contribution in [2.24, 2.45) is 0 Å². The van der Waals surface area contributed by atoms with E-state index in [1.54, 1.807) is 0 Å². The molecule has 0 atom stereocenters. The van der Waals surface area contributed by atoms with E-state index >= 15 is 0 Å². The van der Waals surface area contributed by atoms with Gasteiger partial charge < -0.3 is 5.32 Å². The van der Waals surface area contributed by atoms with Gasteiger partial charge in [0.15, 0.2) is 11.6 Å². The monoisotopic (exact) mass is 394 g/mol. The van der Waals surface area contributed by atoms with Gasteiger partial charge in [-0.1, -0.05) is 25.3 Å². The first-order chi connectivity index (χ1) is 12.8. The van der Waals surface area contributed by atoms with Crippen LogP contribution in [0.15, 0.2) is 47.4 Å². The number of halogens is 2. The van der Waals surface area contributed by atoms with E-state index < -0.39 is 21.7 Å².